The zero-order chi connectivity index (χ0) is 16.7. The van der Waals surface area contributed by atoms with Gasteiger partial charge in [-0.2, -0.15) is 0 Å². The Morgan fingerprint density at radius 2 is 2.04 bits per heavy atom. The van der Waals surface area contributed by atoms with Crippen LogP contribution in [0, 0.1) is 0 Å². The lowest BCUT2D eigenvalue weighted by Crippen LogP contribution is -2.36. The molecule has 1 fully saturated rings. The number of benzene rings is 1. The zero-order valence-electron chi connectivity index (χ0n) is 13.0. The maximum absolute atomic E-state index is 12.4. The lowest BCUT2D eigenvalue weighted by Gasteiger charge is -2.23. The Kier molecular flexibility index (Phi) is 7.05. The number of halogens is 1. The van der Waals surface area contributed by atoms with Crippen LogP contribution in [0.4, 0.5) is 0 Å². The van der Waals surface area contributed by atoms with Gasteiger partial charge in [-0.1, -0.05) is 40.9 Å². The summed E-state index contributed by atoms with van der Waals surface area (Å²) in [6, 6.07) is 7.66. The number of aliphatic carboxylic acids is 1. The van der Waals surface area contributed by atoms with Gasteiger partial charge < -0.3 is 14.7 Å². The standard InChI is InChI=1S/C17H22BrNO4/c18-14-5-3-4-13(10-14)11-19(9-8-17(21)22)16(20)12-23-15-6-1-2-7-15/h3-5,10,15H,1-2,6-9,11-12H2,(H,21,22). The second-order valence-electron chi connectivity index (χ2n) is 5.81. The van der Waals surface area contributed by atoms with E-state index < -0.39 is 5.97 Å². The molecule has 0 spiro atoms. The molecule has 0 aliphatic heterocycles. The van der Waals surface area contributed by atoms with Crippen LogP contribution in [0.25, 0.3) is 0 Å². The first-order valence-electron chi connectivity index (χ1n) is 7.90. The van der Waals surface area contributed by atoms with Crippen LogP contribution < -0.4 is 0 Å². The number of ether oxygens (including phenoxy) is 1. The first kappa shape index (κ1) is 17.9. The minimum atomic E-state index is -0.909. The van der Waals surface area contributed by atoms with Crippen molar-refractivity contribution < 1.29 is 19.4 Å². The Morgan fingerprint density at radius 1 is 1.30 bits per heavy atom. The van der Waals surface area contributed by atoms with Gasteiger partial charge in [0.15, 0.2) is 0 Å². The van der Waals surface area contributed by atoms with E-state index in [0.29, 0.717) is 6.54 Å². The number of amides is 1. The average molecular weight is 384 g/mol. The summed E-state index contributed by atoms with van der Waals surface area (Å²) in [5.41, 5.74) is 0.957. The minimum Gasteiger partial charge on any atom is -0.481 e. The molecule has 1 amide bonds. The molecule has 1 aromatic carbocycles. The van der Waals surface area contributed by atoms with Crippen LogP contribution in [0.2, 0.25) is 0 Å². The van der Waals surface area contributed by atoms with Crippen molar-refractivity contribution in [1.82, 2.24) is 4.90 Å². The highest BCUT2D eigenvalue weighted by atomic mass is 79.9. The van der Waals surface area contributed by atoms with Gasteiger partial charge in [-0.05, 0) is 30.5 Å². The average Bonchev–Trinajstić information content (AvgIpc) is 3.02. The molecular weight excluding hydrogens is 362 g/mol. The quantitative estimate of drug-likeness (QED) is 0.748. The molecule has 6 heteroatoms. The molecule has 5 nitrogen and oxygen atoms in total. The molecular formula is C17H22BrNO4. The van der Waals surface area contributed by atoms with Crippen molar-refractivity contribution in [3.63, 3.8) is 0 Å². The molecule has 126 valence electrons. The van der Waals surface area contributed by atoms with Crippen LogP contribution in [-0.4, -0.2) is 41.1 Å². The van der Waals surface area contributed by atoms with E-state index in [2.05, 4.69) is 15.9 Å². The third-order valence-electron chi connectivity index (χ3n) is 3.96. The number of carbonyl (C=O) groups excluding carboxylic acids is 1. The lowest BCUT2D eigenvalue weighted by atomic mass is 10.2. The van der Waals surface area contributed by atoms with Gasteiger partial charge in [0.2, 0.25) is 5.91 Å². The molecule has 23 heavy (non-hydrogen) atoms. The highest BCUT2D eigenvalue weighted by molar-refractivity contribution is 9.10. The maximum atomic E-state index is 12.4. The van der Waals surface area contributed by atoms with Gasteiger partial charge in [0.1, 0.15) is 6.61 Å². The first-order valence-corrected chi connectivity index (χ1v) is 8.69. The van der Waals surface area contributed by atoms with Gasteiger partial charge >= 0.3 is 5.97 Å². The Labute approximate surface area is 144 Å². The molecule has 1 aliphatic carbocycles. The molecule has 0 aromatic heterocycles. The van der Waals surface area contributed by atoms with Crippen LogP contribution in [0.1, 0.15) is 37.7 Å². The minimum absolute atomic E-state index is 0.0261. The number of carboxylic acid groups (broad SMARTS) is 1. The number of hydrogen-bond donors (Lipinski definition) is 1. The van der Waals surface area contributed by atoms with Crippen molar-refractivity contribution in [2.24, 2.45) is 0 Å². The molecule has 1 N–H and O–H groups in total. The summed E-state index contributed by atoms with van der Waals surface area (Å²) < 4.78 is 6.60. The summed E-state index contributed by atoms with van der Waals surface area (Å²) in [4.78, 5) is 24.8. The molecule has 0 heterocycles. The Hall–Kier alpha value is -1.40. The Morgan fingerprint density at radius 3 is 2.70 bits per heavy atom. The van der Waals surface area contributed by atoms with E-state index in [4.69, 9.17) is 9.84 Å². The normalized spacial score (nSPS) is 14.8. The summed E-state index contributed by atoms with van der Waals surface area (Å²) in [5.74, 6) is -1.06. The molecule has 1 saturated carbocycles. The van der Waals surface area contributed by atoms with Crippen molar-refractivity contribution in [2.75, 3.05) is 13.2 Å². The van der Waals surface area contributed by atoms with Gasteiger partial charge in [0.25, 0.3) is 0 Å². The van der Waals surface area contributed by atoms with E-state index >= 15 is 0 Å². The van der Waals surface area contributed by atoms with Gasteiger partial charge in [-0.3, -0.25) is 9.59 Å². The Balaban J connectivity index is 1.94. The fourth-order valence-electron chi connectivity index (χ4n) is 2.71. The van der Waals surface area contributed by atoms with E-state index in [0.717, 1.165) is 35.7 Å². The van der Waals surface area contributed by atoms with Crippen molar-refractivity contribution in [3.05, 3.63) is 34.3 Å². The third kappa shape index (κ3) is 6.31. The summed E-state index contributed by atoms with van der Waals surface area (Å²) in [6.45, 7) is 0.604. The van der Waals surface area contributed by atoms with Gasteiger partial charge in [0.05, 0.1) is 12.5 Å². The van der Waals surface area contributed by atoms with Crippen molar-refractivity contribution in [1.29, 1.82) is 0 Å². The predicted octanol–water partition coefficient (Wildman–Crippen LogP) is 3.21. The smallest absolute Gasteiger partial charge is 0.305 e. The summed E-state index contributed by atoms with van der Waals surface area (Å²) >= 11 is 3.40. The van der Waals surface area contributed by atoms with Gasteiger partial charge in [-0.25, -0.2) is 0 Å². The fourth-order valence-corrected chi connectivity index (χ4v) is 3.16. The van der Waals surface area contributed by atoms with Gasteiger partial charge in [0, 0.05) is 17.6 Å². The van der Waals surface area contributed by atoms with Crippen LogP contribution in [-0.2, 0) is 20.9 Å². The summed E-state index contributed by atoms with van der Waals surface area (Å²) in [6.07, 6.45) is 4.43. The predicted molar refractivity (Wildman–Crippen MR) is 90.0 cm³/mol. The second-order valence-corrected chi connectivity index (χ2v) is 6.72. The number of nitrogens with zero attached hydrogens (tertiary/aromatic N) is 1. The van der Waals surface area contributed by atoms with Crippen LogP contribution in [0.15, 0.2) is 28.7 Å². The molecule has 0 saturated heterocycles. The highest BCUT2D eigenvalue weighted by Gasteiger charge is 2.20. The molecule has 2 rings (SSSR count). The number of hydrogen-bond acceptors (Lipinski definition) is 3. The van der Waals surface area contributed by atoms with Crippen molar-refractivity contribution in [2.45, 2.75) is 44.8 Å². The SMILES string of the molecule is O=C(O)CCN(Cc1cccc(Br)c1)C(=O)COC1CCCC1. The molecule has 0 atom stereocenters. The summed E-state index contributed by atoms with van der Waals surface area (Å²) in [7, 11) is 0. The number of rotatable bonds is 8. The largest absolute Gasteiger partial charge is 0.481 e. The zero-order valence-corrected chi connectivity index (χ0v) is 14.6. The monoisotopic (exact) mass is 383 g/mol. The lowest BCUT2D eigenvalue weighted by molar-refractivity contribution is -0.141. The topological polar surface area (TPSA) is 66.8 Å². The second kappa shape index (κ2) is 9.03. The van der Waals surface area contributed by atoms with Crippen molar-refractivity contribution >= 4 is 27.8 Å². The van der Waals surface area contributed by atoms with Crippen molar-refractivity contribution in [3.8, 4) is 0 Å². The molecule has 0 unspecified atom stereocenters. The molecule has 0 radical (unpaired) electrons. The van der Waals surface area contributed by atoms with E-state index in [1.54, 1.807) is 4.90 Å². The Bertz CT molecular complexity index is 543. The van der Waals surface area contributed by atoms with Gasteiger partial charge in [-0.15, -0.1) is 0 Å². The van der Waals surface area contributed by atoms with E-state index in [-0.39, 0.29) is 31.6 Å². The van der Waals surface area contributed by atoms with Crippen LogP contribution >= 0.6 is 15.9 Å². The summed E-state index contributed by atoms with van der Waals surface area (Å²) in [5, 5.41) is 8.88. The molecule has 1 aromatic rings. The van der Waals surface area contributed by atoms with E-state index in [9.17, 15) is 9.59 Å². The molecule has 0 bridgehead atoms. The molecule has 1 aliphatic rings. The highest BCUT2D eigenvalue weighted by Crippen LogP contribution is 2.21. The number of carbonyl (C=O) groups is 2. The van der Waals surface area contributed by atoms with E-state index in [1.165, 1.54) is 0 Å². The van der Waals surface area contributed by atoms with Crippen LogP contribution in [0.3, 0.4) is 0 Å². The van der Waals surface area contributed by atoms with Crippen LogP contribution in [0.5, 0.6) is 0 Å². The first-order chi connectivity index (χ1) is 11.0. The fraction of sp³-hybridized carbons (Fsp3) is 0.529. The number of carboxylic acids is 1. The third-order valence-corrected chi connectivity index (χ3v) is 4.45. The maximum Gasteiger partial charge on any atom is 0.305 e. The van der Waals surface area contributed by atoms with E-state index in [1.807, 2.05) is 24.3 Å².